The minimum atomic E-state index is -0.999. The molecule has 1 aromatic rings. The third-order valence-electron chi connectivity index (χ3n) is 1.25. The van der Waals surface area contributed by atoms with E-state index in [2.05, 4.69) is 14.7 Å². The number of carboxylic acid groups (broad SMARTS) is 1. The molecule has 0 saturated carbocycles. The summed E-state index contributed by atoms with van der Waals surface area (Å²) in [4.78, 5) is 14.1. The molecular formula is C6H9N3O3S. The van der Waals surface area contributed by atoms with E-state index >= 15 is 0 Å². The molecule has 1 rings (SSSR count). The van der Waals surface area contributed by atoms with Gasteiger partial charge in [0.2, 0.25) is 6.39 Å². The summed E-state index contributed by atoms with van der Waals surface area (Å²) in [6.07, 6.45) is 1.23. The van der Waals surface area contributed by atoms with Gasteiger partial charge in [0, 0.05) is 5.75 Å². The third-order valence-corrected chi connectivity index (χ3v) is 2.31. The van der Waals surface area contributed by atoms with Gasteiger partial charge in [0.15, 0.2) is 5.82 Å². The van der Waals surface area contributed by atoms with Crippen LogP contribution in [0.15, 0.2) is 10.9 Å². The van der Waals surface area contributed by atoms with Crippen LogP contribution in [0.2, 0.25) is 0 Å². The lowest BCUT2D eigenvalue weighted by Gasteiger charge is -2.03. The minimum Gasteiger partial charge on any atom is -0.480 e. The van der Waals surface area contributed by atoms with Gasteiger partial charge < -0.3 is 15.4 Å². The summed E-state index contributed by atoms with van der Waals surface area (Å²) in [5.41, 5.74) is 5.27. The number of hydrogen-bond donors (Lipinski definition) is 2. The van der Waals surface area contributed by atoms with Gasteiger partial charge in [0.05, 0.1) is 5.75 Å². The molecule has 13 heavy (non-hydrogen) atoms. The van der Waals surface area contributed by atoms with E-state index in [0.29, 0.717) is 17.3 Å². The van der Waals surface area contributed by atoms with E-state index in [9.17, 15) is 4.79 Å². The lowest BCUT2D eigenvalue weighted by Crippen LogP contribution is -2.32. The van der Waals surface area contributed by atoms with Crippen molar-refractivity contribution >= 4 is 17.7 Å². The molecule has 3 N–H and O–H groups in total. The molecule has 7 heteroatoms. The van der Waals surface area contributed by atoms with Crippen molar-refractivity contribution < 1.29 is 14.4 Å². The zero-order valence-electron chi connectivity index (χ0n) is 6.71. The van der Waals surface area contributed by atoms with Crippen molar-refractivity contribution in [2.75, 3.05) is 5.75 Å². The average Bonchev–Trinajstić information content (AvgIpc) is 2.56. The maximum atomic E-state index is 10.3. The normalized spacial score (nSPS) is 12.7. The van der Waals surface area contributed by atoms with Crippen molar-refractivity contribution in [3.8, 4) is 0 Å². The topological polar surface area (TPSA) is 102 Å². The zero-order valence-corrected chi connectivity index (χ0v) is 7.53. The van der Waals surface area contributed by atoms with Crippen LogP contribution in [0.3, 0.4) is 0 Å². The lowest BCUT2D eigenvalue weighted by atomic mass is 10.4. The SMILES string of the molecule is NC(CSCc1ncon1)C(=O)O. The molecule has 0 amide bonds. The number of nitrogens with two attached hydrogens (primary N) is 1. The molecule has 1 atom stereocenters. The number of nitrogens with zero attached hydrogens (tertiary/aromatic N) is 2. The van der Waals surface area contributed by atoms with Gasteiger partial charge in [-0.25, -0.2) is 0 Å². The van der Waals surface area contributed by atoms with Crippen LogP contribution in [0.4, 0.5) is 0 Å². The minimum absolute atomic E-state index is 0.337. The summed E-state index contributed by atoms with van der Waals surface area (Å²) in [5.74, 6) is 0.393. The number of aliphatic carboxylic acids is 1. The van der Waals surface area contributed by atoms with Crippen LogP contribution in [-0.2, 0) is 10.5 Å². The van der Waals surface area contributed by atoms with Gasteiger partial charge in [-0.3, -0.25) is 4.79 Å². The summed E-state index contributed by atoms with van der Waals surface area (Å²) in [5, 5.41) is 12.0. The highest BCUT2D eigenvalue weighted by atomic mass is 32.2. The maximum absolute atomic E-state index is 10.3. The molecule has 6 nitrogen and oxygen atoms in total. The number of rotatable bonds is 5. The second-order valence-corrected chi connectivity index (χ2v) is 3.34. The monoisotopic (exact) mass is 203 g/mol. The van der Waals surface area contributed by atoms with Gasteiger partial charge >= 0.3 is 5.97 Å². The van der Waals surface area contributed by atoms with Gasteiger partial charge in [-0.05, 0) is 0 Å². The summed E-state index contributed by atoms with van der Waals surface area (Å²) >= 11 is 1.36. The summed E-state index contributed by atoms with van der Waals surface area (Å²) in [6, 6.07) is -0.836. The Morgan fingerprint density at radius 2 is 2.62 bits per heavy atom. The molecule has 0 radical (unpaired) electrons. The Bertz CT molecular complexity index is 264. The first-order valence-corrected chi connectivity index (χ1v) is 4.67. The molecule has 1 unspecified atom stereocenters. The van der Waals surface area contributed by atoms with E-state index in [0.717, 1.165) is 0 Å². The fourth-order valence-corrected chi connectivity index (χ4v) is 1.43. The average molecular weight is 203 g/mol. The van der Waals surface area contributed by atoms with Gasteiger partial charge in [0.1, 0.15) is 6.04 Å². The van der Waals surface area contributed by atoms with E-state index in [1.807, 2.05) is 0 Å². The molecule has 0 spiro atoms. The van der Waals surface area contributed by atoms with Crippen LogP contribution in [-0.4, -0.2) is 33.0 Å². The Labute approximate surface area is 78.5 Å². The smallest absolute Gasteiger partial charge is 0.321 e. The molecule has 0 aliphatic carbocycles. The standard InChI is InChI=1S/C6H9N3O3S/c7-4(6(10)11)1-13-2-5-8-3-12-9-5/h3-4H,1-2,7H2,(H,10,11). The number of hydrogen-bond acceptors (Lipinski definition) is 6. The van der Waals surface area contributed by atoms with E-state index in [-0.39, 0.29) is 0 Å². The maximum Gasteiger partial charge on any atom is 0.321 e. The summed E-state index contributed by atoms with van der Waals surface area (Å²) in [6.45, 7) is 0. The van der Waals surface area contributed by atoms with Crippen LogP contribution in [0.1, 0.15) is 5.82 Å². The first-order valence-electron chi connectivity index (χ1n) is 3.51. The van der Waals surface area contributed by atoms with Crippen LogP contribution < -0.4 is 5.73 Å². The Morgan fingerprint density at radius 1 is 1.85 bits per heavy atom. The highest BCUT2D eigenvalue weighted by Gasteiger charge is 2.11. The predicted molar refractivity (Wildman–Crippen MR) is 46.1 cm³/mol. The predicted octanol–water partition coefficient (Wildman–Crippen LogP) is -0.285. The van der Waals surface area contributed by atoms with Crippen molar-refractivity contribution in [1.29, 1.82) is 0 Å². The van der Waals surface area contributed by atoms with Gasteiger partial charge in [-0.15, -0.1) is 0 Å². The summed E-state index contributed by atoms with van der Waals surface area (Å²) < 4.78 is 4.50. The molecule has 1 aromatic heterocycles. The quantitative estimate of drug-likeness (QED) is 0.678. The largest absolute Gasteiger partial charge is 0.480 e. The Kier molecular flexibility index (Phi) is 3.71. The van der Waals surface area contributed by atoms with Crippen LogP contribution in [0.5, 0.6) is 0 Å². The fourth-order valence-electron chi connectivity index (χ4n) is 0.604. The van der Waals surface area contributed by atoms with E-state index in [4.69, 9.17) is 10.8 Å². The Morgan fingerprint density at radius 3 is 3.15 bits per heavy atom. The van der Waals surface area contributed by atoms with Crippen molar-refractivity contribution in [2.45, 2.75) is 11.8 Å². The van der Waals surface area contributed by atoms with Crippen molar-refractivity contribution in [2.24, 2.45) is 5.73 Å². The van der Waals surface area contributed by atoms with Gasteiger partial charge in [0.25, 0.3) is 0 Å². The van der Waals surface area contributed by atoms with Crippen molar-refractivity contribution in [3.05, 3.63) is 12.2 Å². The molecule has 0 aliphatic heterocycles. The molecular weight excluding hydrogens is 194 g/mol. The highest BCUT2D eigenvalue weighted by Crippen LogP contribution is 2.08. The van der Waals surface area contributed by atoms with Gasteiger partial charge in [-0.2, -0.15) is 16.7 Å². The Balaban J connectivity index is 2.18. The van der Waals surface area contributed by atoms with E-state index < -0.39 is 12.0 Å². The van der Waals surface area contributed by atoms with Crippen molar-refractivity contribution in [3.63, 3.8) is 0 Å². The second kappa shape index (κ2) is 4.83. The number of thioether (sulfide) groups is 1. The zero-order chi connectivity index (χ0) is 9.68. The first-order chi connectivity index (χ1) is 6.20. The number of carbonyl (C=O) groups is 1. The van der Waals surface area contributed by atoms with E-state index in [1.165, 1.54) is 18.2 Å². The summed E-state index contributed by atoms with van der Waals surface area (Å²) in [7, 11) is 0. The molecule has 0 aliphatic rings. The molecule has 0 aromatic carbocycles. The molecule has 0 bridgehead atoms. The lowest BCUT2D eigenvalue weighted by molar-refractivity contribution is -0.137. The number of carboxylic acids is 1. The highest BCUT2D eigenvalue weighted by molar-refractivity contribution is 7.98. The van der Waals surface area contributed by atoms with E-state index in [1.54, 1.807) is 0 Å². The molecule has 0 fully saturated rings. The van der Waals surface area contributed by atoms with Crippen LogP contribution >= 0.6 is 11.8 Å². The van der Waals surface area contributed by atoms with Crippen LogP contribution in [0, 0.1) is 0 Å². The van der Waals surface area contributed by atoms with Gasteiger partial charge in [-0.1, -0.05) is 5.16 Å². The number of aromatic nitrogens is 2. The molecule has 72 valence electrons. The molecule has 0 saturated heterocycles. The van der Waals surface area contributed by atoms with Crippen LogP contribution in [0.25, 0.3) is 0 Å². The second-order valence-electron chi connectivity index (χ2n) is 2.31. The fraction of sp³-hybridized carbons (Fsp3) is 0.500. The third kappa shape index (κ3) is 3.43. The Hall–Kier alpha value is -1.08. The van der Waals surface area contributed by atoms with Crippen molar-refractivity contribution in [1.82, 2.24) is 10.1 Å². The first kappa shape index (κ1) is 10.0. The molecule has 1 heterocycles.